The van der Waals surface area contributed by atoms with Gasteiger partial charge in [-0.15, -0.1) is 24.8 Å². The van der Waals surface area contributed by atoms with E-state index in [1.54, 1.807) is 0 Å². The van der Waals surface area contributed by atoms with Crippen LogP contribution in [0.1, 0.15) is 46.0 Å². The third kappa shape index (κ3) is 4.25. The number of carbonyl (C=O) groups is 1. The molecule has 1 amide bonds. The van der Waals surface area contributed by atoms with Gasteiger partial charge < -0.3 is 10.6 Å². The summed E-state index contributed by atoms with van der Waals surface area (Å²) in [6.07, 6.45) is 5.43. The fourth-order valence-electron chi connectivity index (χ4n) is 3.86. The van der Waals surface area contributed by atoms with Crippen LogP contribution < -0.4 is 5.73 Å². The van der Waals surface area contributed by atoms with Gasteiger partial charge in [0.05, 0.1) is 5.41 Å². The molecule has 1 aliphatic heterocycles. The Labute approximate surface area is 141 Å². The summed E-state index contributed by atoms with van der Waals surface area (Å²) in [5.74, 6) is 0.335. The number of nitrogens with two attached hydrogens (primary N) is 1. The Morgan fingerprint density at radius 3 is 2.29 bits per heavy atom. The van der Waals surface area contributed by atoms with Crippen molar-refractivity contribution in [3.8, 4) is 0 Å². The average molecular weight is 340 g/mol. The van der Waals surface area contributed by atoms with E-state index in [4.69, 9.17) is 5.73 Å². The molecule has 2 aliphatic rings. The van der Waals surface area contributed by atoms with Crippen LogP contribution >= 0.6 is 24.8 Å². The van der Waals surface area contributed by atoms with Crippen LogP contribution in [0.4, 0.5) is 0 Å². The molecule has 1 unspecified atom stereocenters. The molecule has 1 saturated carbocycles. The first-order chi connectivity index (χ1) is 9.16. The predicted octanol–water partition coefficient (Wildman–Crippen LogP) is 2.29. The van der Waals surface area contributed by atoms with Crippen LogP contribution in [-0.2, 0) is 4.79 Å². The van der Waals surface area contributed by atoms with E-state index in [0.29, 0.717) is 18.5 Å². The van der Waals surface area contributed by atoms with Gasteiger partial charge in [-0.05, 0) is 32.4 Å². The molecule has 1 saturated heterocycles. The SMILES string of the molecule is CCN(CC)C1CCN(C(=O)C2(CN)CCCC2)C1.Cl.Cl. The normalized spacial score (nSPS) is 23.8. The van der Waals surface area contributed by atoms with Crippen molar-refractivity contribution >= 4 is 30.7 Å². The van der Waals surface area contributed by atoms with Crippen LogP contribution in [0.5, 0.6) is 0 Å². The summed E-state index contributed by atoms with van der Waals surface area (Å²) < 4.78 is 0. The van der Waals surface area contributed by atoms with Gasteiger partial charge >= 0.3 is 0 Å². The first-order valence-electron chi connectivity index (χ1n) is 7.90. The standard InChI is InChI=1S/C15H29N3O.2ClH/c1-3-17(4-2)13-7-10-18(11-13)14(19)15(12-16)8-5-6-9-15;;/h13H,3-12,16H2,1-2H3;2*1H. The molecule has 6 heteroatoms. The minimum absolute atomic E-state index is 0. The van der Waals surface area contributed by atoms with Gasteiger partial charge in [0.2, 0.25) is 5.91 Å². The average Bonchev–Trinajstić information content (AvgIpc) is 3.09. The third-order valence-corrected chi connectivity index (χ3v) is 5.18. The lowest BCUT2D eigenvalue weighted by atomic mass is 9.85. The molecular weight excluding hydrogens is 309 g/mol. The fourth-order valence-corrected chi connectivity index (χ4v) is 3.86. The van der Waals surface area contributed by atoms with Gasteiger partial charge in [-0.1, -0.05) is 26.7 Å². The number of amides is 1. The van der Waals surface area contributed by atoms with Gasteiger partial charge in [-0.25, -0.2) is 0 Å². The second-order valence-corrected chi connectivity index (χ2v) is 6.11. The monoisotopic (exact) mass is 339 g/mol. The molecule has 2 N–H and O–H groups in total. The summed E-state index contributed by atoms with van der Waals surface area (Å²) in [5, 5.41) is 0. The number of rotatable bonds is 5. The number of halogens is 2. The highest BCUT2D eigenvalue weighted by molar-refractivity contribution is 5.85. The minimum atomic E-state index is -0.224. The summed E-state index contributed by atoms with van der Waals surface area (Å²) in [5.41, 5.74) is 5.70. The van der Waals surface area contributed by atoms with Crippen molar-refractivity contribution in [1.29, 1.82) is 0 Å². The highest BCUT2D eigenvalue weighted by Gasteiger charge is 2.44. The van der Waals surface area contributed by atoms with Gasteiger partial charge in [0.1, 0.15) is 0 Å². The van der Waals surface area contributed by atoms with Crippen molar-refractivity contribution in [3.05, 3.63) is 0 Å². The van der Waals surface area contributed by atoms with Crippen molar-refractivity contribution in [2.45, 2.75) is 52.0 Å². The molecule has 4 nitrogen and oxygen atoms in total. The maximum absolute atomic E-state index is 12.8. The van der Waals surface area contributed by atoms with Gasteiger partial charge in [-0.2, -0.15) is 0 Å². The molecule has 0 bridgehead atoms. The summed E-state index contributed by atoms with van der Waals surface area (Å²) in [4.78, 5) is 17.3. The smallest absolute Gasteiger partial charge is 0.230 e. The van der Waals surface area contributed by atoms with Crippen LogP contribution in [-0.4, -0.2) is 54.5 Å². The van der Waals surface area contributed by atoms with Crippen LogP contribution in [0.15, 0.2) is 0 Å². The van der Waals surface area contributed by atoms with Crippen LogP contribution in [0.25, 0.3) is 0 Å². The Balaban J connectivity index is 0.00000200. The molecule has 0 radical (unpaired) electrons. The molecule has 2 rings (SSSR count). The van der Waals surface area contributed by atoms with E-state index in [0.717, 1.165) is 58.3 Å². The third-order valence-electron chi connectivity index (χ3n) is 5.18. The van der Waals surface area contributed by atoms with Gasteiger partial charge in [0.25, 0.3) is 0 Å². The maximum Gasteiger partial charge on any atom is 0.230 e. The van der Waals surface area contributed by atoms with E-state index in [-0.39, 0.29) is 30.2 Å². The summed E-state index contributed by atoms with van der Waals surface area (Å²) in [6, 6.07) is 0.551. The Hall–Kier alpha value is -0.0300. The van der Waals surface area contributed by atoms with E-state index >= 15 is 0 Å². The Bertz CT molecular complexity index is 318. The van der Waals surface area contributed by atoms with E-state index in [2.05, 4.69) is 23.6 Å². The number of hydrogen-bond acceptors (Lipinski definition) is 3. The first-order valence-corrected chi connectivity index (χ1v) is 7.90. The van der Waals surface area contributed by atoms with E-state index < -0.39 is 0 Å². The summed E-state index contributed by atoms with van der Waals surface area (Å²) >= 11 is 0. The second-order valence-electron chi connectivity index (χ2n) is 6.11. The molecule has 126 valence electrons. The van der Waals surface area contributed by atoms with Gasteiger partial charge in [0, 0.05) is 25.7 Å². The van der Waals surface area contributed by atoms with Crippen LogP contribution in [0.3, 0.4) is 0 Å². The Morgan fingerprint density at radius 2 is 1.81 bits per heavy atom. The Kier molecular flexibility index (Phi) is 9.17. The lowest BCUT2D eigenvalue weighted by Gasteiger charge is -2.32. The number of hydrogen-bond donors (Lipinski definition) is 1. The largest absolute Gasteiger partial charge is 0.341 e. The zero-order valence-corrected chi connectivity index (χ0v) is 15.0. The van der Waals surface area contributed by atoms with Crippen molar-refractivity contribution in [2.75, 3.05) is 32.7 Å². The summed E-state index contributed by atoms with van der Waals surface area (Å²) in [7, 11) is 0. The first kappa shape index (κ1) is 21.0. The van der Waals surface area contributed by atoms with Crippen LogP contribution in [0.2, 0.25) is 0 Å². The van der Waals surface area contributed by atoms with E-state index in [9.17, 15) is 4.79 Å². The topological polar surface area (TPSA) is 49.6 Å². The highest BCUT2D eigenvalue weighted by Crippen LogP contribution is 2.39. The molecule has 0 aromatic rings. The van der Waals surface area contributed by atoms with Crippen molar-refractivity contribution < 1.29 is 4.79 Å². The number of likely N-dealkylation sites (tertiary alicyclic amines) is 1. The van der Waals surface area contributed by atoms with Crippen molar-refractivity contribution in [3.63, 3.8) is 0 Å². The molecule has 1 atom stereocenters. The van der Waals surface area contributed by atoms with Crippen molar-refractivity contribution in [2.24, 2.45) is 11.1 Å². The minimum Gasteiger partial charge on any atom is -0.341 e. The fraction of sp³-hybridized carbons (Fsp3) is 0.933. The molecule has 1 aliphatic carbocycles. The number of nitrogens with zero attached hydrogens (tertiary/aromatic N) is 2. The highest BCUT2D eigenvalue weighted by atomic mass is 35.5. The van der Waals surface area contributed by atoms with Crippen molar-refractivity contribution in [1.82, 2.24) is 9.80 Å². The molecule has 2 fully saturated rings. The number of carbonyl (C=O) groups excluding carboxylic acids is 1. The van der Waals surface area contributed by atoms with Crippen LogP contribution in [0, 0.1) is 5.41 Å². The van der Waals surface area contributed by atoms with E-state index in [1.165, 1.54) is 0 Å². The lowest BCUT2D eigenvalue weighted by molar-refractivity contribution is -0.140. The quantitative estimate of drug-likeness (QED) is 0.835. The second kappa shape index (κ2) is 9.19. The predicted molar refractivity (Wildman–Crippen MR) is 92.4 cm³/mol. The molecule has 0 aromatic heterocycles. The van der Waals surface area contributed by atoms with E-state index in [1.807, 2.05) is 0 Å². The Morgan fingerprint density at radius 1 is 1.24 bits per heavy atom. The molecule has 0 spiro atoms. The maximum atomic E-state index is 12.8. The van der Waals surface area contributed by atoms with Gasteiger partial charge in [0.15, 0.2) is 0 Å². The molecule has 1 heterocycles. The molecular formula is C15H31Cl2N3O. The van der Waals surface area contributed by atoms with Gasteiger partial charge in [-0.3, -0.25) is 9.69 Å². The summed E-state index contributed by atoms with van der Waals surface area (Å²) in [6.45, 7) is 8.90. The zero-order chi connectivity index (χ0) is 13.9. The number of likely N-dealkylation sites (N-methyl/N-ethyl adjacent to an activating group) is 1. The lowest BCUT2D eigenvalue weighted by Crippen LogP contribution is -2.47. The zero-order valence-electron chi connectivity index (χ0n) is 13.3. The molecule has 0 aromatic carbocycles. The molecule has 21 heavy (non-hydrogen) atoms.